The highest BCUT2D eigenvalue weighted by Gasteiger charge is 2.11. The number of aromatic nitrogens is 1. The van der Waals surface area contributed by atoms with Crippen LogP contribution in [0.3, 0.4) is 0 Å². The zero-order valence-electron chi connectivity index (χ0n) is 17.0. The normalized spacial score (nSPS) is 11.2. The SMILES string of the molecule is CN=C(NCCCNC(=O)c1occc1C)NCCc1c[nH]c2cc(F)ccc12.I. The van der Waals surface area contributed by atoms with Gasteiger partial charge in [0.1, 0.15) is 5.82 Å². The maximum absolute atomic E-state index is 13.3. The van der Waals surface area contributed by atoms with Crippen LogP contribution in [-0.4, -0.2) is 43.5 Å². The number of amides is 1. The molecule has 0 fully saturated rings. The summed E-state index contributed by atoms with van der Waals surface area (Å²) >= 11 is 0. The summed E-state index contributed by atoms with van der Waals surface area (Å²) in [5.41, 5.74) is 2.75. The molecule has 1 amide bonds. The van der Waals surface area contributed by atoms with E-state index in [4.69, 9.17) is 4.42 Å². The fourth-order valence-corrected chi connectivity index (χ4v) is 3.08. The average molecular weight is 527 g/mol. The first-order valence-electron chi connectivity index (χ1n) is 9.61. The van der Waals surface area contributed by atoms with Crippen molar-refractivity contribution in [3.8, 4) is 0 Å². The molecule has 3 aromatic rings. The van der Waals surface area contributed by atoms with Gasteiger partial charge in [-0.2, -0.15) is 0 Å². The number of aryl methyl sites for hydroxylation is 1. The van der Waals surface area contributed by atoms with Gasteiger partial charge in [0.05, 0.1) is 6.26 Å². The van der Waals surface area contributed by atoms with Crippen molar-refractivity contribution < 1.29 is 13.6 Å². The van der Waals surface area contributed by atoms with Crippen molar-refractivity contribution in [1.82, 2.24) is 20.9 Å². The van der Waals surface area contributed by atoms with Crippen LogP contribution < -0.4 is 16.0 Å². The highest BCUT2D eigenvalue weighted by Crippen LogP contribution is 2.19. The third-order valence-electron chi connectivity index (χ3n) is 4.64. The van der Waals surface area contributed by atoms with E-state index in [0.717, 1.165) is 34.9 Å². The lowest BCUT2D eigenvalue weighted by atomic mass is 10.1. The predicted octanol–water partition coefficient (Wildman–Crippen LogP) is 3.35. The van der Waals surface area contributed by atoms with E-state index in [2.05, 4.69) is 25.9 Å². The van der Waals surface area contributed by atoms with Crippen molar-refractivity contribution in [2.75, 3.05) is 26.7 Å². The molecule has 0 radical (unpaired) electrons. The van der Waals surface area contributed by atoms with Gasteiger partial charge in [-0.05, 0) is 49.6 Å². The molecule has 0 aliphatic heterocycles. The number of H-pyrrole nitrogens is 1. The number of nitrogens with zero attached hydrogens (tertiary/aromatic N) is 1. The fraction of sp³-hybridized carbons (Fsp3) is 0.333. The molecule has 0 atom stereocenters. The summed E-state index contributed by atoms with van der Waals surface area (Å²) in [5, 5.41) is 10.3. The number of hydrogen-bond acceptors (Lipinski definition) is 3. The summed E-state index contributed by atoms with van der Waals surface area (Å²) < 4.78 is 18.4. The highest BCUT2D eigenvalue weighted by molar-refractivity contribution is 14.0. The Kier molecular flexibility index (Phi) is 9.15. The number of aromatic amines is 1. The zero-order valence-corrected chi connectivity index (χ0v) is 19.4. The monoisotopic (exact) mass is 527 g/mol. The van der Waals surface area contributed by atoms with Gasteiger partial charge in [-0.3, -0.25) is 9.79 Å². The van der Waals surface area contributed by atoms with Crippen LogP contribution >= 0.6 is 24.0 Å². The lowest BCUT2D eigenvalue weighted by Gasteiger charge is -2.12. The van der Waals surface area contributed by atoms with Gasteiger partial charge in [0.2, 0.25) is 0 Å². The maximum Gasteiger partial charge on any atom is 0.287 e. The standard InChI is InChI=1S/C21H26FN5O2.HI/c1-14-7-11-29-19(14)20(28)24-8-3-9-25-21(23-2)26-10-6-15-13-27-18-12-16(22)4-5-17(15)18;/h4-5,7,11-13,27H,3,6,8-10H2,1-2H3,(H,24,28)(H2,23,25,26);1H. The first-order valence-corrected chi connectivity index (χ1v) is 9.61. The van der Waals surface area contributed by atoms with Crippen LogP contribution in [0, 0.1) is 12.7 Å². The Morgan fingerprint density at radius 3 is 2.67 bits per heavy atom. The molecule has 7 nitrogen and oxygen atoms in total. The first kappa shape index (κ1) is 23.7. The quantitative estimate of drug-likeness (QED) is 0.157. The first-order chi connectivity index (χ1) is 14.1. The number of nitrogens with one attached hydrogen (secondary N) is 4. The molecular formula is C21H27FIN5O2. The predicted molar refractivity (Wildman–Crippen MR) is 127 cm³/mol. The number of carbonyl (C=O) groups excluding carboxylic acids is 1. The fourth-order valence-electron chi connectivity index (χ4n) is 3.08. The summed E-state index contributed by atoms with van der Waals surface area (Å²) in [6.07, 6.45) is 4.95. The number of hydrogen-bond donors (Lipinski definition) is 4. The van der Waals surface area contributed by atoms with Crippen molar-refractivity contribution >= 4 is 46.7 Å². The maximum atomic E-state index is 13.3. The van der Waals surface area contributed by atoms with Crippen molar-refractivity contribution in [2.45, 2.75) is 19.8 Å². The topological polar surface area (TPSA) is 94.4 Å². The molecule has 4 N–H and O–H groups in total. The second-order valence-electron chi connectivity index (χ2n) is 6.72. The van der Waals surface area contributed by atoms with E-state index in [1.165, 1.54) is 18.4 Å². The number of aliphatic imine (C=N–C) groups is 1. The van der Waals surface area contributed by atoms with E-state index >= 15 is 0 Å². The minimum Gasteiger partial charge on any atom is -0.459 e. The molecule has 0 saturated carbocycles. The summed E-state index contributed by atoms with van der Waals surface area (Å²) in [4.78, 5) is 19.3. The van der Waals surface area contributed by atoms with E-state index in [9.17, 15) is 9.18 Å². The summed E-state index contributed by atoms with van der Waals surface area (Å²) in [7, 11) is 1.71. The Balaban J connectivity index is 0.00000320. The lowest BCUT2D eigenvalue weighted by Crippen LogP contribution is -2.39. The molecular weight excluding hydrogens is 500 g/mol. The minimum absolute atomic E-state index is 0. The largest absolute Gasteiger partial charge is 0.459 e. The van der Waals surface area contributed by atoms with Crippen LogP contribution in [0.25, 0.3) is 10.9 Å². The smallest absolute Gasteiger partial charge is 0.287 e. The molecule has 9 heteroatoms. The average Bonchev–Trinajstić information content (AvgIpc) is 3.32. The molecule has 0 spiro atoms. The molecule has 0 bridgehead atoms. The number of guanidine groups is 1. The van der Waals surface area contributed by atoms with Gasteiger partial charge in [-0.1, -0.05) is 0 Å². The van der Waals surface area contributed by atoms with Gasteiger partial charge < -0.3 is 25.4 Å². The Labute approximate surface area is 191 Å². The third kappa shape index (κ3) is 6.22. The number of fused-ring (bicyclic) bond motifs is 1. The molecule has 0 aliphatic carbocycles. The van der Waals surface area contributed by atoms with Crippen LogP contribution in [0.15, 0.2) is 46.1 Å². The molecule has 2 heterocycles. The molecule has 0 saturated heterocycles. The summed E-state index contributed by atoms with van der Waals surface area (Å²) in [6, 6.07) is 6.53. The Hall–Kier alpha value is -2.56. The number of furan rings is 1. The molecule has 3 rings (SSSR count). The van der Waals surface area contributed by atoms with E-state index in [0.29, 0.717) is 31.4 Å². The number of halogens is 2. The molecule has 0 unspecified atom stereocenters. The number of rotatable bonds is 8. The van der Waals surface area contributed by atoms with E-state index in [-0.39, 0.29) is 35.7 Å². The van der Waals surface area contributed by atoms with Gasteiger partial charge in [0.15, 0.2) is 11.7 Å². The van der Waals surface area contributed by atoms with Crippen LogP contribution in [0.5, 0.6) is 0 Å². The Bertz CT molecular complexity index is 998. The lowest BCUT2D eigenvalue weighted by molar-refractivity contribution is 0.0925. The van der Waals surface area contributed by atoms with Gasteiger partial charge in [0, 0.05) is 49.3 Å². The van der Waals surface area contributed by atoms with Gasteiger partial charge in [0.25, 0.3) is 5.91 Å². The Morgan fingerprint density at radius 1 is 1.17 bits per heavy atom. The summed E-state index contributed by atoms with van der Waals surface area (Å²) in [5.74, 6) is 0.609. The van der Waals surface area contributed by atoms with Crippen molar-refractivity contribution in [3.05, 3.63) is 59.4 Å². The molecule has 0 aliphatic rings. The zero-order chi connectivity index (χ0) is 20.6. The Morgan fingerprint density at radius 2 is 1.93 bits per heavy atom. The van der Waals surface area contributed by atoms with E-state index < -0.39 is 0 Å². The van der Waals surface area contributed by atoms with Crippen LogP contribution in [0.1, 0.15) is 28.1 Å². The third-order valence-corrected chi connectivity index (χ3v) is 4.64. The van der Waals surface area contributed by atoms with Crippen LogP contribution in [0.4, 0.5) is 4.39 Å². The van der Waals surface area contributed by atoms with Crippen LogP contribution in [0.2, 0.25) is 0 Å². The second kappa shape index (κ2) is 11.6. The molecule has 2 aromatic heterocycles. The van der Waals surface area contributed by atoms with Crippen molar-refractivity contribution in [1.29, 1.82) is 0 Å². The van der Waals surface area contributed by atoms with Gasteiger partial charge in [-0.15, -0.1) is 24.0 Å². The van der Waals surface area contributed by atoms with Crippen LogP contribution in [-0.2, 0) is 6.42 Å². The van der Waals surface area contributed by atoms with Crippen molar-refractivity contribution in [2.24, 2.45) is 4.99 Å². The van der Waals surface area contributed by atoms with Gasteiger partial charge in [-0.25, -0.2) is 4.39 Å². The minimum atomic E-state index is -0.246. The van der Waals surface area contributed by atoms with E-state index in [1.54, 1.807) is 19.2 Å². The molecule has 162 valence electrons. The highest BCUT2D eigenvalue weighted by atomic mass is 127. The number of carbonyl (C=O) groups is 1. The van der Waals surface area contributed by atoms with Gasteiger partial charge >= 0.3 is 0 Å². The second-order valence-corrected chi connectivity index (χ2v) is 6.72. The number of benzene rings is 1. The summed E-state index contributed by atoms with van der Waals surface area (Å²) in [6.45, 7) is 3.74. The molecule has 30 heavy (non-hydrogen) atoms. The van der Waals surface area contributed by atoms with Crippen molar-refractivity contribution in [3.63, 3.8) is 0 Å². The molecule has 1 aromatic carbocycles. The van der Waals surface area contributed by atoms with E-state index in [1.807, 2.05) is 13.1 Å².